The molecule has 0 amide bonds. The van der Waals surface area contributed by atoms with Crippen LogP contribution in [0.2, 0.25) is 0 Å². The van der Waals surface area contributed by atoms with Crippen molar-refractivity contribution in [2.45, 2.75) is 5.41 Å². The van der Waals surface area contributed by atoms with Gasteiger partial charge in [-0.15, -0.1) is 11.3 Å². The highest BCUT2D eigenvalue weighted by Gasteiger charge is 2.51. The second-order valence-corrected chi connectivity index (χ2v) is 17.4. The van der Waals surface area contributed by atoms with E-state index in [0.29, 0.717) is 0 Å². The lowest BCUT2D eigenvalue weighted by atomic mass is 9.66. The standard InChI is InChI=1S/C59H37NOS/c1-2-14-38(15-3-1)39-28-33-42(34-29-39)60(53-25-13-20-46-47-37-32-40-16-4-5-17-45(40)57(47)62-58(46)53)43-35-30-41(31-36-43)44-19-12-24-52-56(44)48-18-6-7-21-49(48)59(52)50-22-8-10-26-54(50)61-55-27-11-9-23-51(55)59/h1-37H. The maximum atomic E-state index is 6.61. The van der Waals surface area contributed by atoms with E-state index < -0.39 is 5.41 Å². The van der Waals surface area contributed by atoms with E-state index in [1.54, 1.807) is 0 Å². The molecule has 11 aromatic rings. The Morgan fingerprint density at radius 3 is 1.66 bits per heavy atom. The van der Waals surface area contributed by atoms with Crippen LogP contribution in [0.1, 0.15) is 22.3 Å². The van der Waals surface area contributed by atoms with Gasteiger partial charge in [0.05, 0.1) is 15.8 Å². The minimum absolute atomic E-state index is 0.510. The van der Waals surface area contributed by atoms with Crippen molar-refractivity contribution in [2.75, 3.05) is 4.90 Å². The second-order valence-electron chi connectivity index (χ2n) is 16.3. The van der Waals surface area contributed by atoms with Crippen molar-refractivity contribution >= 4 is 59.3 Å². The molecule has 0 saturated carbocycles. The van der Waals surface area contributed by atoms with Gasteiger partial charge in [-0.25, -0.2) is 0 Å². The summed E-state index contributed by atoms with van der Waals surface area (Å²) in [5.41, 5.74) is 15.1. The Hall–Kier alpha value is -7.72. The molecule has 2 aliphatic rings. The Morgan fingerprint density at radius 1 is 0.355 bits per heavy atom. The van der Waals surface area contributed by atoms with E-state index in [1.807, 2.05) is 11.3 Å². The van der Waals surface area contributed by atoms with Gasteiger partial charge in [0.15, 0.2) is 0 Å². The predicted octanol–water partition coefficient (Wildman–Crippen LogP) is 16.5. The number of thiophene rings is 1. The minimum atomic E-state index is -0.510. The van der Waals surface area contributed by atoms with Crippen molar-refractivity contribution in [3.8, 4) is 44.9 Å². The number of hydrogen-bond donors (Lipinski definition) is 0. The number of nitrogens with zero attached hydrogens (tertiary/aromatic N) is 1. The van der Waals surface area contributed by atoms with Gasteiger partial charge in [0, 0.05) is 38.0 Å². The van der Waals surface area contributed by atoms with Gasteiger partial charge in [-0.1, -0.05) is 182 Å². The molecule has 1 aromatic heterocycles. The van der Waals surface area contributed by atoms with Gasteiger partial charge in [0.2, 0.25) is 0 Å². The summed E-state index contributed by atoms with van der Waals surface area (Å²) in [7, 11) is 0. The summed E-state index contributed by atoms with van der Waals surface area (Å²) in [5, 5.41) is 5.14. The van der Waals surface area contributed by atoms with Gasteiger partial charge < -0.3 is 9.64 Å². The number of para-hydroxylation sites is 2. The van der Waals surface area contributed by atoms with Crippen LogP contribution in [-0.4, -0.2) is 0 Å². The monoisotopic (exact) mass is 807 g/mol. The van der Waals surface area contributed by atoms with E-state index >= 15 is 0 Å². The summed E-state index contributed by atoms with van der Waals surface area (Å²) in [6.07, 6.45) is 0. The van der Waals surface area contributed by atoms with Crippen LogP contribution in [0.15, 0.2) is 224 Å². The van der Waals surface area contributed by atoms with Gasteiger partial charge in [0.1, 0.15) is 11.5 Å². The number of anilines is 3. The molecule has 0 fully saturated rings. The van der Waals surface area contributed by atoms with Crippen LogP contribution in [0.25, 0.3) is 64.3 Å². The molecule has 1 aliphatic heterocycles. The van der Waals surface area contributed by atoms with E-state index in [4.69, 9.17) is 4.74 Å². The molecule has 0 unspecified atom stereocenters. The molecular weight excluding hydrogens is 771 g/mol. The fourth-order valence-corrected chi connectivity index (χ4v) is 11.8. The van der Waals surface area contributed by atoms with Gasteiger partial charge in [-0.05, 0) is 97.7 Å². The number of hydrogen-bond acceptors (Lipinski definition) is 3. The maximum Gasteiger partial charge on any atom is 0.132 e. The van der Waals surface area contributed by atoms with Crippen molar-refractivity contribution in [3.05, 3.63) is 247 Å². The van der Waals surface area contributed by atoms with Crippen molar-refractivity contribution in [3.63, 3.8) is 0 Å². The predicted molar refractivity (Wildman–Crippen MR) is 260 cm³/mol. The van der Waals surface area contributed by atoms with E-state index in [1.165, 1.54) is 92.3 Å². The summed E-state index contributed by atoms with van der Waals surface area (Å²) in [4.78, 5) is 2.44. The first-order valence-electron chi connectivity index (χ1n) is 21.2. The molecule has 1 aliphatic carbocycles. The first-order valence-corrected chi connectivity index (χ1v) is 22.1. The van der Waals surface area contributed by atoms with Crippen LogP contribution in [0.5, 0.6) is 11.5 Å². The fraction of sp³-hybridized carbons (Fsp3) is 0.0169. The highest BCUT2D eigenvalue weighted by atomic mass is 32.1. The summed E-state index contributed by atoms with van der Waals surface area (Å²) in [5.74, 6) is 1.81. The Balaban J connectivity index is 0.990. The molecule has 2 nitrogen and oxygen atoms in total. The molecule has 0 N–H and O–H groups in total. The van der Waals surface area contributed by atoms with Crippen LogP contribution in [-0.2, 0) is 5.41 Å². The van der Waals surface area contributed by atoms with Crippen molar-refractivity contribution in [1.29, 1.82) is 0 Å². The van der Waals surface area contributed by atoms with E-state index in [9.17, 15) is 0 Å². The number of fused-ring (bicyclic) bond motifs is 14. The van der Waals surface area contributed by atoms with Crippen LogP contribution in [0, 0.1) is 0 Å². The fourth-order valence-electron chi connectivity index (χ4n) is 10.5. The first kappa shape index (κ1) is 35.1. The highest BCUT2D eigenvalue weighted by Crippen LogP contribution is 2.63. The summed E-state index contributed by atoms with van der Waals surface area (Å²) in [6, 6.07) is 82.0. The Kier molecular flexibility index (Phi) is 7.72. The van der Waals surface area contributed by atoms with Crippen LogP contribution >= 0.6 is 11.3 Å². The molecule has 0 atom stereocenters. The third kappa shape index (κ3) is 5.03. The van der Waals surface area contributed by atoms with Crippen LogP contribution < -0.4 is 9.64 Å². The summed E-state index contributed by atoms with van der Waals surface area (Å²) >= 11 is 1.89. The summed E-state index contributed by atoms with van der Waals surface area (Å²) < 4.78 is 9.20. The van der Waals surface area contributed by atoms with E-state index in [0.717, 1.165) is 22.9 Å². The molecule has 0 radical (unpaired) electrons. The zero-order chi connectivity index (χ0) is 40.8. The van der Waals surface area contributed by atoms with E-state index in [2.05, 4.69) is 229 Å². The number of rotatable bonds is 5. The second kappa shape index (κ2) is 13.7. The largest absolute Gasteiger partial charge is 0.457 e. The SMILES string of the molecule is c1ccc(-c2ccc(N(c3ccc(-c4cccc5c4-c4ccccc4C54c5ccccc5Oc5ccccc54)cc3)c3cccc4c3sc3c5ccccc5ccc43)cc2)cc1. The molecule has 2 heterocycles. The highest BCUT2D eigenvalue weighted by molar-refractivity contribution is 7.27. The maximum absolute atomic E-state index is 6.61. The van der Waals surface area contributed by atoms with Gasteiger partial charge >= 0.3 is 0 Å². The third-order valence-electron chi connectivity index (χ3n) is 13.1. The lowest BCUT2D eigenvalue weighted by molar-refractivity contribution is 0.436. The third-order valence-corrected chi connectivity index (χ3v) is 14.4. The number of benzene rings is 10. The molecule has 0 saturated heterocycles. The first-order chi connectivity index (χ1) is 30.8. The van der Waals surface area contributed by atoms with Crippen molar-refractivity contribution in [2.24, 2.45) is 0 Å². The zero-order valence-electron chi connectivity index (χ0n) is 33.6. The van der Waals surface area contributed by atoms with Gasteiger partial charge in [0.25, 0.3) is 0 Å². The Morgan fingerprint density at radius 2 is 0.903 bits per heavy atom. The molecular formula is C59H37NOS. The molecule has 0 bridgehead atoms. The zero-order valence-corrected chi connectivity index (χ0v) is 34.4. The summed E-state index contributed by atoms with van der Waals surface area (Å²) in [6.45, 7) is 0. The molecule has 13 rings (SSSR count). The van der Waals surface area contributed by atoms with Gasteiger partial charge in [-0.2, -0.15) is 0 Å². The Bertz CT molecular complexity index is 3500. The lowest BCUT2D eigenvalue weighted by Gasteiger charge is -2.39. The van der Waals surface area contributed by atoms with Gasteiger partial charge in [-0.3, -0.25) is 0 Å². The smallest absolute Gasteiger partial charge is 0.132 e. The quantitative estimate of drug-likeness (QED) is 0.172. The average molecular weight is 808 g/mol. The minimum Gasteiger partial charge on any atom is -0.457 e. The normalized spacial score (nSPS) is 13.1. The van der Waals surface area contributed by atoms with Crippen LogP contribution in [0.4, 0.5) is 17.1 Å². The molecule has 62 heavy (non-hydrogen) atoms. The topological polar surface area (TPSA) is 12.5 Å². The Labute approximate surface area is 364 Å². The molecule has 3 heteroatoms. The molecule has 10 aromatic carbocycles. The lowest BCUT2D eigenvalue weighted by Crippen LogP contribution is -2.32. The molecule has 1 spiro atoms. The molecule has 290 valence electrons. The van der Waals surface area contributed by atoms with Crippen molar-refractivity contribution < 1.29 is 4.74 Å². The average Bonchev–Trinajstić information content (AvgIpc) is 3.88. The van der Waals surface area contributed by atoms with E-state index in [-0.39, 0.29) is 0 Å². The number of ether oxygens (including phenoxy) is 1. The van der Waals surface area contributed by atoms with Crippen molar-refractivity contribution in [1.82, 2.24) is 0 Å². The van der Waals surface area contributed by atoms with Crippen LogP contribution in [0.3, 0.4) is 0 Å².